The Balaban J connectivity index is 1.57. The molecule has 1 aromatic carbocycles. The van der Waals surface area contributed by atoms with Crippen LogP contribution < -0.4 is 4.72 Å². The van der Waals surface area contributed by atoms with Gasteiger partial charge in [0.15, 0.2) is 0 Å². The highest BCUT2D eigenvalue weighted by molar-refractivity contribution is 7.87. The molecule has 0 aromatic heterocycles. The molecule has 0 bridgehead atoms. The summed E-state index contributed by atoms with van der Waals surface area (Å²) >= 11 is 0. The lowest BCUT2D eigenvalue weighted by atomic mass is 9.75. The first-order valence-electron chi connectivity index (χ1n) is 9.48. The van der Waals surface area contributed by atoms with Gasteiger partial charge in [0.2, 0.25) is 0 Å². The van der Waals surface area contributed by atoms with Gasteiger partial charge in [-0.1, -0.05) is 51.0 Å². The predicted octanol–water partition coefficient (Wildman–Crippen LogP) is 2.41. The van der Waals surface area contributed by atoms with Crippen molar-refractivity contribution in [3.8, 4) is 0 Å². The average molecular weight is 364 g/mol. The van der Waals surface area contributed by atoms with Crippen LogP contribution in [-0.4, -0.2) is 49.8 Å². The number of piperazine rings is 1. The van der Waals surface area contributed by atoms with Gasteiger partial charge in [-0.2, -0.15) is 17.4 Å². The van der Waals surface area contributed by atoms with Crippen molar-refractivity contribution in [1.82, 2.24) is 13.9 Å². The van der Waals surface area contributed by atoms with Gasteiger partial charge in [-0.25, -0.2) is 0 Å². The fourth-order valence-corrected chi connectivity index (χ4v) is 6.29. The van der Waals surface area contributed by atoms with Crippen LogP contribution in [0.4, 0.5) is 0 Å². The number of nitrogens with one attached hydrogen (secondary N) is 1. The van der Waals surface area contributed by atoms with Gasteiger partial charge in [-0.15, -0.1) is 0 Å². The molecule has 138 valence electrons. The Morgan fingerprint density at radius 1 is 1.12 bits per heavy atom. The van der Waals surface area contributed by atoms with Crippen LogP contribution in [0.2, 0.25) is 0 Å². The van der Waals surface area contributed by atoms with Crippen molar-refractivity contribution >= 4 is 10.2 Å². The van der Waals surface area contributed by atoms with E-state index >= 15 is 0 Å². The molecule has 5 nitrogen and oxygen atoms in total. The van der Waals surface area contributed by atoms with E-state index in [9.17, 15) is 8.42 Å². The second-order valence-corrected chi connectivity index (χ2v) is 10.1. The standard InChI is InChI=1S/C19H29N3O2S/c1-19(2)14-21-11-12-22(25(23,24)20-15-7-3-4-8-15)13-18(21)16-9-5-6-10-17(16)19/h5-6,9-10,15,18,20H,3-4,7-8,11-14H2,1-2H3. The number of benzene rings is 1. The summed E-state index contributed by atoms with van der Waals surface area (Å²) in [7, 11) is -3.39. The zero-order valence-electron chi connectivity index (χ0n) is 15.2. The Morgan fingerprint density at radius 2 is 1.84 bits per heavy atom. The van der Waals surface area contributed by atoms with Crippen LogP contribution in [0.1, 0.15) is 56.7 Å². The van der Waals surface area contributed by atoms with E-state index in [-0.39, 0.29) is 17.5 Å². The van der Waals surface area contributed by atoms with E-state index in [0.717, 1.165) is 38.8 Å². The summed E-state index contributed by atoms with van der Waals surface area (Å²) in [5, 5.41) is 0. The third kappa shape index (κ3) is 3.25. The van der Waals surface area contributed by atoms with Crippen molar-refractivity contribution in [1.29, 1.82) is 0 Å². The summed E-state index contributed by atoms with van der Waals surface area (Å²) in [4.78, 5) is 2.46. The highest BCUT2D eigenvalue weighted by Crippen LogP contribution is 2.41. The summed E-state index contributed by atoms with van der Waals surface area (Å²) in [6.45, 7) is 7.48. The van der Waals surface area contributed by atoms with E-state index in [1.165, 1.54) is 11.1 Å². The van der Waals surface area contributed by atoms with Crippen LogP contribution >= 0.6 is 0 Å². The first kappa shape index (κ1) is 17.5. The van der Waals surface area contributed by atoms with E-state index in [2.05, 4.69) is 47.7 Å². The van der Waals surface area contributed by atoms with Gasteiger partial charge >= 0.3 is 0 Å². The van der Waals surface area contributed by atoms with Gasteiger partial charge in [0.05, 0.1) is 0 Å². The largest absolute Gasteiger partial charge is 0.293 e. The molecule has 1 aliphatic carbocycles. The maximum Gasteiger partial charge on any atom is 0.279 e. The molecular weight excluding hydrogens is 334 g/mol. The highest BCUT2D eigenvalue weighted by atomic mass is 32.2. The van der Waals surface area contributed by atoms with Gasteiger partial charge in [-0.3, -0.25) is 4.90 Å². The van der Waals surface area contributed by atoms with Crippen molar-refractivity contribution < 1.29 is 8.42 Å². The molecule has 6 heteroatoms. The quantitative estimate of drug-likeness (QED) is 0.897. The molecule has 0 spiro atoms. The molecule has 1 saturated carbocycles. The molecule has 2 fully saturated rings. The minimum Gasteiger partial charge on any atom is -0.293 e. The van der Waals surface area contributed by atoms with Crippen LogP contribution in [0.3, 0.4) is 0 Å². The number of nitrogens with zero attached hydrogens (tertiary/aromatic N) is 2. The molecule has 1 saturated heterocycles. The van der Waals surface area contributed by atoms with Crippen LogP contribution in [-0.2, 0) is 15.6 Å². The van der Waals surface area contributed by atoms with Gasteiger partial charge in [0.1, 0.15) is 0 Å². The first-order chi connectivity index (χ1) is 11.9. The van der Waals surface area contributed by atoms with Crippen LogP contribution in [0.5, 0.6) is 0 Å². The second kappa shape index (κ2) is 6.34. The Morgan fingerprint density at radius 3 is 2.60 bits per heavy atom. The minimum atomic E-state index is -3.39. The lowest BCUT2D eigenvalue weighted by molar-refractivity contribution is 0.0801. The summed E-state index contributed by atoms with van der Waals surface area (Å²) in [6.07, 6.45) is 4.21. The monoisotopic (exact) mass is 363 g/mol. The third-order valence-corrected chi connectivity index (χ3v) is 7.75. The molecule has 4 rings (SSSR count). The Kier molecular flexibility index (Phi) is 4.43. The van der Waals surface area contributed by atoms with E-state index < -0.39 is 10.2 Å². The summed E-state index contributed by atoms with van der Waals surface area (Å²) < 4.78 is 30.3. The van der Waals surface area contributed by atoms with Crippen molar-refractivity contribution in [2.24, 2.45) is 0 Å². The normalized spacial score (nSPS) is 27.8. The third-order valence-electron chi connectivity index (χ3n) is 6.11. The van der Waals surface area contributed by atoms with Crippen LogP contribution in [0, 0.1) is 0 Å². The minimum absolute atomic E-state index is 0.107. The van der Waals surface area contributed by atoms with E-state index in [4.69, 9.17) is 0 Å². The van der Waals surface area contributed by atoms with E-state index in [1.54, 1.807) is 4.31 Å². The molecule has 25 heavy (non-hydrogen) atoms. The molecule has 0 radical (unpaired) electrons. The van der Waals surface area contributed by atoms with Crippen LogP contribution in [0.15, 0.2) is 24.3 Å². The van der Waals surface area contributed by atoms with Crippen molar-refractivity contribution in [3.05, 3.63) is 35.4 Å². The zero-order valence-corrected chi connectivity index (χ0v) is 16.1. The number of fused-ring (bicyclic) bond motifs is 3. The molecule has 1 N–H and O–H groups in total. The Hall–Kier alpha value is -0.950. The fraction of sp³-hybridized carbons (Fsp3) is 0.684. The van der Waals surface area contributed by atoms with Gasteiger partial charge < -0.3 is 0 Å². The topological polar surface area (TPSA) is 52.7 Å². The van der Waals surface area contributed by atoms with E-state index in [0.29, 0.717) is 13.1 Å². The van der Waals surface area contributed by atoms with Crippen molar-refractivity contribution in [2.45, 2.75) is 57.0 Å². The predicted molar refractivity (Wildman–Crippen MR) is 99.7 cm³/mol. The Labute approximate surface area is 151 Å². The lowest BCUT2D eigenvalue weighted by Gasteiger charge is -2.49. The Bertz CT molecular complexity index is 741. The van der Waals surface area contributed by atoms with Crippen molar-refractivity contribution in [3.63, 3.8) is 0 Å². The van der Waals surface area contributed by atoms with Gasteiger partial charge in [0, 0.05) is 43.7 Å². The lowest BCUT2D eigenvalue weighted by Crippen LogP contribution is -2.58. The van der Waals surface area contributed by atoms with Crippen molar-refractivity contribution in [2.75, 3.05) is 26.2 Å². The molecule has 1 atom stereocenters. The van der Waals surface area contributed by atoms with Gasteiger partial charge in [0.25, 0.3) is 10.2 Å². The number of rotatable bonds is 3. The summed E-state index contributed by atoms with van der Waals surface area (Å²) in [5.74, 6) is 0. The van der Waals surface area contributed by atoms with Crippen LogP contribution in [0.25, 0.3) is 0 Å². The molecule has 1 unspecified atom stereocenters. The highest BCUT2D eigenvalue weighted by Gasteiger charge is 2.42. The summed E-state index contributed by atoms with van der Waals surface area (Å²) in [6, 6.07) is 8.84. The molecule has 2 heterocycles. The maximum atomic E-state index is 12.9. The van der Waals surface area contributed by atoms with Gasteiger partial charge in [-0.05, 0) is 24.0 Å². The zero-order chi connectivity index (χ0) is 17.7. The molecular formula is C19H29N3O2S. The molecule has 3 aliphatic rings. The SMILES string of the molecule is CC1(C)CN2CCN(S(=O)(=O)NC3CCCC3)CC2c2ccccc21. The second-order valence-electron chi connectivity index (χ2n) is 8.42. The number of hydrogen-bond acceptors (Lipinski definition) is 3. The first-order valence-corrected chi connectivity index (χ1v) is 10.9. The smallest absolute Gasteiger partial charge is 0.279 e. The maximum absolute atomic E-state index is 12.9. The molecule has 2 aliphatic heterocycles. The number of hydrogen-bond donors (Lipinski definition) is 1. The van der Waals surface area contributed by atoms with E-state index in [1.807, 2.05) is 0 Å². The molecule has 1 aromatic rings. The molecule has 0 amide bonds. The fourth-order valence-electron chi connectivity index (χ4n) is 4.82. The summed E-state index contributed by atoms with van der Waals surface area (Å²) in [5.41, 5.74) is 2.76. The average Bonchev–Trinajstić information content (AvgIpc) is 3.06.